The Bertz CT molecular complexity index is 188. The Kier molecular flexibility index (Phi) is 5.46. The molecule has 1 saturated carbocycles. The van der Waals surface area contributed by atoms with Crippen molar-refractivity contribution in [3.05, 3.63) is 0 Å². The molecule has 0 amide bonds. The highest BCUT2D eigenvalue weighted by Gasteiger charge is 2.23. The number of thioether (sulfide) groups is 1. The second kappa shape index (κ2) is 6.87. The quantitative estimate of drug-likeness (QED) is 0.737. The summed E-state index contributed by atoms with van der Waals surface area (Å²) in [7, 11) is 0. The van der Waals surface area contributed by atoms with Gasteiger partial charge in [-0.3, -0.25) is 0 Å². The van der Waals surface area contributed by atoms with Gasteiger partial charge in [-0.25, -0.2) is 0 Å². The van der Waals surface area contributed by atoms with Crippen LogP contribution in [-0.2, 0) is 0 Å². The third-order valence-corrected chi connectivity index (χ3v) is 5.07. The molecule has 1 aliphatic heterocycles. The van der Waals surface area contributed by atoms with Crippen molar-refractivity contribution >= 4 is 11.8 Å². The summed E-state index contributed by atoms with van der Waals surface area (Å²) in [5.74, 6) is 2.38. The fourth-order valence-electron chi connectivity index (χ4n) is 2.35. The molecule has 94 valence electrons. The molecule has 0 bridgehead atoms. The minimum atomic E-state index is 0.931. The molecule has 0 aromatic heterocycles. The first-order valence-corrected chi connectivity index (χ1v) is 7.98. The number of nitrogens with one attached hydrogen (secondary N) is 1. The molecular formula is C13H26N2S. The fourth-order valence-corrected chi connectivity index (χ4v) is 3.62. The van der Waals surface area contributed by atoms with Crippen molar-refractivity contribution < 1.29 is 0 Å². The molecule has 0 spiro atoms. The maximum atomic E-state index is 3.44. The molecule has 1 heterocycles. The first kappa shape index (κ1) is 12.7. The summed E-state index contributed by atoms with van der Waals surface area (Å²) in [6.45, 7) is 8.68. The molecule has 1 saturated heterocycles. The molecule has 1 N–H and O–H groups in total. The van der Waals surface area contributed by atoms with Crippen LogP contribution in [0.3, 0.4) is 0 Å². The van der Waals surface area contributed by atoms with E-state index >= 15 is 0 Å². The first-order valence-electron chi connectivity index (χ1n) is 6.93. The van der Waals surface area contributed by atoms with Crippen LogP contribution in [-0.4, -0.2) is 48.6 Å². The Morgan fingerprint density at radius 2 is 1.94 bits per heavy atom. The third kappa shape index (κ3) is 4.64. The van der Waals surface area contributed by atoms with Crippen molar-refractivity contribution in [1.29, 1.82) is 0 Å². The zero-order valence-corrected chi connectivity index (χ0v) is 11.4. The van der Waals surface area contributed by atoms with Gasteiger partial charge in [-0.2, -0.15) is 11.8 Å². The number of hydrogen-bond donors (Lipinski definition) is 1. The lowest BCUT2D eigenvalue weighted by Gasteiger charge is -2.24. The molecule has 0 unspecified atom stereocenters. The predicted octanol–water partition coefficient (Wildman–Crippen LogP) is 2.20. The van der Waals surface area contributed by atoms with Crippen molar-refractivity contribution in [3.8, 4) is 0 Å². The Balaban J connectivity index is 1.54. The van der Waals surface area contributed by atoms with Crippen molar-refractivity contribution in [2.75, 3.05) is 38.5 Å². The lowest BCUT2D eigenvalue weighted by atomic mass is 10.2. The SMILES string of the molecule is CCN(CCSC1CCNCC1)CC1CC1. The first-order chi connectivity index (χ1) is 7.88. The van der Waals surface area contributed by atoms with Gasteiger partial charge in [-0.15, -0.1) is 0 Å². The van der Waals surface area contributed by atoms with Gasteiger partial charge in [-0.1, -0.05) is 6.92 Å². The lowest BCUT2D eigenvalue weighted by Crippen LogP contribution is -2.31. The Morgan fingerprint density at radius 3 is 2.56 bits per heavy atom. The zero-order chi connectivity index (χ0) is 11.2. The second-order valence-corrected chi connectivity index (χ2v) is 6.57. The van der Waals surface area contributed by atoms with E-state index in [2.05, 4.69) is 28.9 Å². The van der Waals surface area contributed by atoms with E-state index in [0.29, 0.717) is 0 Å². The summed E-state index contributed by atoms with van der Waals surface area (Å²) in [4.78, 5) is 2.64. The highest BCUT2D eigenvalue weighted by molar-refractivity contribution is 7.99. The summed E-state index contributed by atoms with van der Waals surface area (Å²) in [6, 6.07) is 0. The minimum Gasteiger partial charge on any atom is -0.317 e. The molecule has 0 aromatic carbocycles. The molecule has 1 aliphatic carbocycles. The fraction of sp³-hybridized carbons (Fsp3) is 1.00. The molecule has 3 heteroatoms. The molecular weight excluding hydrogens is 216 g/mol. The number of rotatable bonds is 7. The average molecular weight is 242 g/mol. The van der Waals surface area contributed by atoms with E-state index in [1.807, 2.05) is 0 Å². The topological polar surface area (TPSA) is 15.3 Å². The Hall–Kier alpha value is 0.270. The van der Waals surface area contributed by atoms with E-state index < -0.39 is 0 Å². The van der Waals surface area contributed by atoms with Crippen molar-refractivity contribution in [1.82, 2.24) is 10.2 Å². The molecule has 16 heavy (non-hydrogen) atoms. The van der Waals surface area contributed by atoms with E-state index in [4.69, 9.17) is 0 Å². The van der Waals surface area contributed by atoms with Crippen LogP contribution in [0.5, 0.6) is 0 Å². The smallest absolute Gasteiger partial charge is 0.00724 e. The summed E-state index contributed by atoms with van der Waals surface area (Å²) in [5, 5.41) is 4.37. The number of hydrogen-bond acceptors (Lipinski definition) is 3. The highest BCUT2D eigenvalue weighted by Crippen LogP contribution is 2.29. The van der Waals surface area contributed by atoms with Crippen LogP contribution in [0.4, 0.5) is 0 Å². The maximum absolute atomic E-state index is 3.44. The van der Waals surface area contributed by atoms with Gasteiger partial charge in [0.05, 0.1) is 0 Å². The Labute approximate surface area is 105 Å². The predicted molar refractivity (Wildman–Crippen MR) is 73.2 cm³/mol. The maximum Gasteiger partial charge on any atom is 0.00724 e. The van der Waals surface area contributed by atoms with Gasteiger partial charge in [0.1, 0.15) is 0 Å². The number of piperidine rings is 1. The minimum absolute atomic E-state index is 0.931. The summed E-state index contributed by atoms with van der Waals surface area (Å²) < 4.78 is 0. The monoisotopic (exact) mass is 242 g/mol. The van der Waals surface area contributed by atoms with Crippen LogP contribution in [0, 0.1) is 5.92 Å². The van der Waals surface area contributed by atoms with Gasteiger partial charge < -0.3 is 10.2 Å². The van der Waals surface area contributed by atoms with Gasteiger partial charge >= 0.3 is 0 Å². The van der Waals surface area contributed by atoms with Gasteiger partial charge in [0.15, 0.2) is 0 Å². The molecule has 2 aliphatic rings. The van der Waals surface area contributed by atoms with Crippen molar-refractivity contribution in [3.63, 3.8) is 0 Å². The largest absolute Gasteiger partial charge is 0.317 e. The van der Waals surface area contributed by atoms with Gasteiger partial charge in [0, 0.05) is 24.1 Å². The standard InChI is InChI=1S/C13H26N2S/c1-2-15(11-12-3-4-12)9-10-16-13-5-7-14-8-6-13/h12-14H,2-11H2,1H3. The van der Waals surface area contributed by atoms with Crippen molar-refractivity contribution in [2.45, 2.75) is 37.9 Å². The third-order valence-electron chi connectivity index (χ3n) is 3.71. The molecule has 0 radical (unpaired) electrons. The summed E-state index contributed by atoms with van der Waals surface area (Å²) in [5.41, 5.74) is 0. The van der Waals surface area contributed by atoms with E-state index in [0.717, 1.165) is 11.2 Å². The summed E-state index contributed by atoms with van der Waals surface area (Å²) >= 11 is 2.21. The van der Waals surface area contributed by atoms with Crippen LogP contribution >= 0.6 is 11.8 Å². The van der Waals surface area contributed by atoms with E-state index in [1.54, 1.807) is 0 Å². The second-order valence-electron chi connectivity index (χ2n) is 5.16. The van der Waals surface area contributed by atoms with E-state index in [9.17, 15) is 0 Å². The Morgan fingerprint density at radius 1 is 1.19 bits per heavy atom. The van der Waals surface area contributed by atoms with Crippen LogP contribution in [0.1, 0.15) is 32.6 Å². The zero-order valence-electron chi connectivity index (χ0n) is 10.6. The lowest BCUT2D eigenvalue weighted by molar-refractivity contribution is 0.293. The number of nitrogens with zero attached hydrogens (tertiary/aromatic N) is 1. The van der Waals surface area contributed by atoms with Crippen LogP contribution in [0.15, 0.2) is 0 Å². The van der Waals surface area contributed by atoms with E-state index in [1.165, 1.54) is 64.2 Å². The van der Waals surface area contributed by atoms with Crippen LogP contribution in [0.25, 0.3) is 0 Å². The molecule has 2 fully saturated rings. The van der Waals surface area contributed by atoms with Gasteiger partial charge in [0.25, 0.3) is 0 Å². The molecule has 0 aromatic rings. The van der Waals surface area contributed by atoms with E-state index in [-0.39, 0.29) is 0 Å². The van der Waals surface area contributed by atoms with Crippen LogP contribution in [0.2, 0.25) is 0 Å². The normalized spacial score (nSPS) is 22.9. The highest BCUT2D eigenvalue weighted by atomic mass is 32.2. The molecule has 2 nitrogen and oxygen atoms in total. The van der Waals surface area contributed by atoms with Gasteiger partial charge in [0.2, 0.25) is 0 Å². The molecule has 2 rings (SSSR count). The molecule has 0 atom stereocenters. The summed E-state index contributed by atoms with van der Waals surface area (Å²) in [6.07, 6.45) is 5.72. The van der Waals surface area contributed by atoms with Crippen molar-refractivity contribution in [2.24, 2.45) is 5.92 Å². The average Bonchev–Trinajstić information content (AvgIpc) is 3.13. The van der Waals surface area contributed by atoms with Crippen LogP contribution < -0.4 is 5.32 Å². The van der Waals surface area contributed by atoms with Gasteiger partial charge in [-0.05, 0) is 51.2 Å².